The van der Waals surface area contributed by atoms with Crippen molar-refractivity contribution < 1.29 is 57.8 Å². The predicted octanol–water partition coefficient (Wildman–Crippen LogP) is 9.34. The lowest BCUT2D eigenvalue weighted by Gasteiger charge is -2.36. The van der Waals surface area contributed by atoms with Crippen molar-refractivity contribution in [2.75, 3.05) is 67.8 Å². The van der Waals surface area contributed by atoms with Crippen molar-refractivity contribution in [2.24, 2.45) is 0 Å². The second kappa shape index (κ2) is 22.4. The highest BCUT2D eigenvalue weighted by Crippen LogP contribution is 2.57. The molecule has 5 aromatic rings. The maximum Gasteiger partial charge on any atom is 0.414 e. The van der Waals surface area contributed by atoms with E-state index in [0.717, 1.165) is 37.3 Å². The maximum atomic E-state index is 13.9. The van der Waals surface area contributed by atoms with Gasteiger partial charge in [-0.25, -0.2) is 19.2 Å². The van der Waals surface area contributed by atoms with E-state index in [-0.39, 0.29) is 48.0 Å². The van der Waals surface area contributed by atoms with E-state index in [1.54, 1.807) is 70.7 Å². The van der Waals surface area contributed by atoms with Gasteiger partial charge in [-0.15, -0.1) is 11.3 Å². The number of nitrogens with zero attached hydrogens (tertiary/aromatic N) is 1. The topological polar surface area (TPSA) is 203 Å². The quantitative estimate of drug-likeness (QED) is 0.0194. The van der Waals surface area contributed by atoms with Crippen LogP contribution in [0, 0.1) is 0 Å². The zero-order valence-corrected chi connectivity index (χ0v) is 42.1. The number of rotatable bonds is 17. The molecule has 0 unspecified atom stereocenters. The minimum absolute atomic E-state index is 0.0251. The third-order valence-electron chi connectivity index (χ3n) is 11.1. The standard InChI is InChI=1S/C48H47BrN4O12S4/c1-3-60-39(56)26-63-41-40(49)42(69-43(41)45(58)61-4-2)27-6-5-7-30(22-27)53(29-14-16-50-17-15-29)47(59)62-19-21-68-67-20-18-51-46(66)52-28-8-11-34-33(23-28)44(57)65-48(34)35-12-9-31(54)24-37(35)64-38-25-32(55)10-13-36(38)48/h5-13,22-25,29,50,54-55H,3-4,14-21,26H2,1-2H3,(H2,51,52,66). The zero-order valence-electron chi connectivity index (χ0n) is 37.3. The summed E-state index contributed by atoms with van der Waals surface area (Å²) in [6, 6.07) is 21.8. The number of fused-ring (bicyclic) bond motifs is 6. The number of benzene rings is 4. The van der Waals surface area contributed by atoms with Gasteiger partial charge in [-0.1, -0.05) is 39.8 Å². The molecule has 0 radical (unpaired) electrons. The molecule has 1 amide bonds. The Kier molecular flexibility index (Phi) is 16.1. The van der Waals surface area contributed by atoms with E-state index < -0.39 is 36.2 Å². The van der Waals surface area contributed by atoms with E-state index in [0.29, 0.717) is 83.2 Å². The van der Waals surface area contributed by atoms with E-state index >= 15 is 0 Å². The molecule has 5 N–H and O–H groups in total. The minimum atomic E-state index is -1.36. The van der Waals surface area contributed by atoms with Crippen molar-refractivity contribution in [2.45, 2.75) is 38.3 Å². The number of aromatic hydroxyl groups is 2. The number of phenols is 2. The number of carbonyl (C=O) groups is 4. The van der Waals surface area contributed by atoms with Gasteiger partial charge in [0.05, 0.1) is 28.1 Å². The summed E-state index contributed by atoms with van der Waals surface area (Å²) in [5, 5.41) is 30.5. The van der Waals surface area contributed by atoms with Crippen LogP contribution in [-0.4, -0.2) is 103 Å². The summed E-state index contributed by atoms with van der Waals surface area (Å²) in [7, 11) is 3.17. The van der Waals surface area contributed by atoms with Gasteiger partial charge in [0.15, 0.2) is 27.9 Å². The Bertz CT molecular complexity index is 2720. The molecule has 1 fully saturated rings. The van der Waals surface area contributed by atoms with E-state index in [9.17, 15) is 29.4 Å². The maximum absolute atomic E-state index is 13.9. The van der Waals surface area contributed by atoms with Gasteiger partial charge in [0.2, 0.25) is 0 Å². The fourth-order valence-corrected chi connectivity index (χ4v) is 12.1. The molecule has 0 bridgehead atoms. The van der Waals surface area contributed by atoms with Gasteiger partial charge in [0.25, 0.3) is 0 Å². The number of anilines is 2. The van der Waals surface area contributed by atoms with Crippen molar-refractivity contribution in [3.8, 4) is 39.2 Å². The summed E-state index contributed by atoms with van der Waals surface area (Å²) in [5.41, 5.74) is 2.54. The van der Waals surface area contributed by atoms with E-state index in [1.165, 1.54) is 24.3 Å². The summed E-state index contributed by atoms with van der Waals surface area (Å²) in [6.07, 6.45) is 0.999. The molecule has 362 valence electrons. The van der Waals surface area contributed by atoms with E-state index in [4.69, 9.17) is 40.6 Å². The van der Waals surface area contributed by atoms with Gasteiger partial charge in [0, 0.05) is 64.3 Å². The molecule has 0 saturated carbocycles. The van der Waals surface area contributed by atoms with Crippen LogP contribution in [0.25, 0.3) is 10.4 Å². The molecule has 8 rings (SSSR count). The summed E-state index contributed by atoms with van der Waals surface area (Å²) in [4.78, 5) is 55.1. The minimum Gasteiger partial charge on any atom is -0.508 e. The van der Waals surface area contributed by atoms with Crippen LogP contribution in [0.5, 0.6) is 28.7 Å². The molecule has 4 heterocycles. The molecule has 16 nitrogen and oxygen atoms in total. The molecule has 4 aromatic carbocycles. The molecule has 3 aliphatic rings. The SMILES string of the molecule is CCOC(=O)COc1c(C(=O)OCC)sc(-c2cccc(N(C(=O)OCCSSCCNC(=S)Nc3ccc4c(c3)C(=O)OC43c4ccc(O)cc4Oc4cc(O)ccc43)C3CCNCC3)c2)c1Br. The highest BCUT2D eigenvalue weighted by atomic mass is 79.9. The number of hydrogen-bond donors (Lipinski definition) is 5. The Morgan fingerprint density at radius 2 is 1.61 bits per heavy atom. The van der Waals surface area contributed by atoms with Gasteiger partial charge in [-0.3, -0.25) is 4.90 Å². The first-order valence-electron chi connectivity index (χ1n) is 22.0. The van der Waals surface area contributed by atoms with Crippen LogP contribution in [0.15, 0.2) is 83.3 Å². The summed E-state index contributed by atoms with van der Waals surface area (Å²) in [5.74, 6) is 0.240. The lowest BCUT2D eigenvalue weighted by atomic mass is 9.77. The Morgan fingerprint density at radius 3 is 2.32 bits per heavy atom. The smallest absolute Gasteiger partial charge is 0.414 e. The molecule has 0 atom stereocenters. The van der Waals surface area contributed by atoms with Crippen molar-refractivity contribution in [3.63, 3.8) is 0 Å². The average molecular weight is 1080 g/mol. The lowest BCUT2D eigenvalue weighted by Crippen LogP contribution is -2.46. The first kappa shape index (κ1) is 49.7. The van der Waals surface area contributed by atoms with Crippen molar-refractivity contribution >= 4 is 102 Å². The number of nitrogens with one attached hydrogen (secondary N) is 3. The van der Waals surface area contributed by atoms with Gasteiger partial charge in [-0.2, -0.15) is 0 Å². The van der Waals surface area contributed by atoms with Crippen LogP contribution in [0.2, 0.25) is 0 Å². The lowest BCUT2D eigenvalue weighted by molar-refractivity contribution is -0.145. The number of esters is 3. The highest BCUT2D eigenvalue weighted by Gasteiger charge is 2.53. The Hall–Kier alpha value is -5.71. The van der Waals surface area contributed by atoms with Gasteiger partial charge >= 0.3 is 24.0 Å². The molecular weight excluding hydrogens is 1030 g/mol. The van der Waals surface area contributed by atoms with Crippen molar-refractivity contribution in [1.29, 1.82) is 0 Å². The molecule has 21 heteroatoms. The van der Waals surface area contributed by atoms with Crippen LogP contribution < -0.4 is 30.3 Å². The van der Waals surface area contributed by atoms with Crippen LogP contribution in [0.1, 0.15) is 63.4 Å². The highest BCUT2D eigenvalue weighted by molar-refractivity contribution is 9.10. The fraction of sp³-hybridized carbons (Fsp3) is 0.312. The van der Waals surface area contributed by atoms with Crippen LogP contribution in [0.3, 0.4) is 0 Å². The first-order chi connectivity index (χ1) is 33.4. The number of ether oxygens (including phenoxy) is 6. The predicted molar refractivity (Wildman–Crippen MR) is 272 cm³/mol. The number of thiocarbonyl (C=S) groups is 1. The number of hydrogen-bond acceptors (Lipinski definition) is 17. The number of piperidine rings is 1. The van der Waals surface area contributed by atoms with Crippen LogP contribution in [0.4, 0.5) is 16.2 Å². The largest absolute Gasteiger partial charge is 0.508 e. The second-order valence-corrected chi connectivity index (χ2v) is 20.5. The summed E-state index contributed by atoms with van der Waals surface area (Å²) < 4.78 is 34.6. The monoisotopic (exact) mass is 1080 g/mol. The number of phenolic OH excluding ortho intramolecular Hbond substituents is 2. The fourth-order valence-electron chi connectivity index (χ4n) is 8.22. The van der Waals surface area contributed by atoms with Gasteiger partial charge in [-0.05, 0) is 122 Å². The molecule has 0 aliphatic carbocycles. The van der Waals surface area contributed by atoms with Gasteiger partial charge < -0.3 is 54.6 Å². The Balaban J connectivity index is 0.841. The van der Waals surface area contributed by atoms with Crippen molar-refractivity contribution in [1.82, 2.24) is 10.6 Å². The molecule has 1 aromatic heterocycles. The van der Waals surface area contributed by atoms with Crippen molar-refractivity contribution in [3.05, 3.63) is 110 Å². The third-order valence-corrected chi connectivity index (χ3v) is 16.0. The third kappa shape index (κ3) is 10.9. The summed E-state index contributed by atoms with van der Waals surface area (Å²) in [6.45, 7) is 5.57. The van der Waals surface area contributed by atoms with Crippen LogP contribution in [-0.2, 0) is 29.3 Å². The number of amides is 1. The molecule has 1 spiro atoms. The number of thiophene rings is 1. The normalized spacial score (nSPS) is 14.3. The average Bonchev–Trinajstić information content (AvgIpc) is 3.82. The van der Waals surface area contributed by atoms with E-state index in [1.807, 2.05) is 24.3 Å². The first-order valence-corrected chi connectivity index (χ1v) is 26.5. The molecular formula is C48H47BrN4O12S4. The van der Waals surface area contributed by atoms with E-state index in [2.05, 4.69) is 31.9 Å². The van der Waals surface area contributed by atoms with Crippen LogP contribution >= 0.6 is 61.1 Å². The molecule has 1 saturated heterocycles. The molecule has 69 heavy (non-hydrogen) atoms. The second-order valence-electron chi connectivity index (χ2n) is 15.6. The summed E-state index contributed by atoms with van der Waals surface area (Å²) >= 11 is 10.3. The molecule has 3 aliphatic heterocycles. The zero-order chi connectivity index (χ0) is 48.7. The number of carbonyl (C=O) groups excluding carboxylic acids is 4. The number of halogens is 1. The van der Waals surface area contributed by atoms with Gasteiger partial charge in [0.1, 0.15) is 29.6 Å². The Morgan fingerprint density at radius 1 is 0.913 bits per heavy atom. The Labute approximate surface area is 423 Å².